The summed E-state index contributed by atoms with van der Waals surface area (Å²) in [6.07, 6.45) is 4.32. The summed E-state index contributed by atoms with van der Waals surface area (Å²) in [7, 11) is 0. The lowest BCUT2D eigenvalue weighted by molar-refractivity contribution is 0.0641. The van der Waals surface area contributed by atoms with E-state index < -0.39 is 5.54 Å². The van der Waals surface area contributed by atoms with Gasteiger partial charge in [0.2, 0.25) is 0 Å². The van der Waals surface area contributed by atoms with E-state index in [9.17, 15) is 9.90 Å². The molecular formula is C21H22N2O4. The van der Waals surface area contributed by atoms with Crippen molar-refractivity contribution in [1.82, 2.24) is 10.3 Å². The molecule has 1 aromatic carbocycles. The van der Waals surface area contributed by atoms with Gasteiger partial charge in [0.25, 0.3) is 5.91 Å². The Labute approximate surface area is 157 Å². The first-order valence-corrected chi connectivity index (χ1v) is 9.09. The number of fused-ring (bicyclic) bond motifs is 1. The number of benzene rings is 1. The fourth-order valence-corrected chi connectivity index (χ4v) is 3.44. The number of hydrogen-bond acceptors (Lipinski definition) is 5. The van der Waals surface area contributed by atoms with Crippen molar-refractivity contribution in [2.45, 2.75) is 38.3 Å². The molecule has 0 aliphatic heterocycles. The van der Waals surface area contributed by atoms with Crippen molar-refractivity contribution in [2.24, 2.45) is 0 Å². The molecule has 140 valence electrons. The van der Waals surface area contributed by atoms with E-state index in [0.717, 1.165) is 25.0 Å². The van der Waals surface area contributed by atoms with E-state index in [2.05, 4.69) is 10.3 Å². The molecular weight excluding hydrogens is 344 g/mol. The van der Waals surface area contributed by atoms with Crippen LogP contribution in [0.25, 0.3) is 11.0 Å². The van der Waals surface area contributed by atoms with Crippen LogP contribution in [0.4, 0.5) is 0 Å². The summed E-state index contributed by atoms with van der Waals surface area (Å²) in [6, 6.07) is 11.1. The fraction of sp³-hybridized carbons (Fsp3) is 0.333. The monoisotopic (exact) mass is 366 g/mol. The summed E-state index contributed by atoms with van der Waals surface area (Å²) in [6.45, 7) is 2.07. The van der Waals surface area contributed by atoms with Gasteiger partial charge in [-0.25, -0.2) is 0 Å². The molecule has 1 amide bonds. The van der Waals surface area contributed by atoms with E-state index in [4.69, 9.17) is 9.15 Å². The number of nitrogens with zero attached hydrogens (tertiary/aromatic N) is 1. The summed E-state index contributed by atoms with van der Waals surface area (Å²) < 4.78 is 11.6. The number of furan rings is 1. The zero-order valence-corrected chi connectivity index (χ0v) is 15.2. The molecule has 0 radical (unpaired) electrons. The number of ether oxygens (including phenoxy) is 1. The van der Waals surface area contributed by atoms with E-state index in [1.165, 1.54) is 0 Å². The summed E-state index contributed by atoms with van der Waals surface area (Å²) in [5.74, 6) is 0.974. The van der Waals surface area contributed by atoms with Crippen molar-refractivity contribution in [3.05, 3.63) is 59.6 Å². The zero-order valence-electron chi connectivity index (χ0n) is 15.2. The Morgan fingerprint density at radius 2 is 2.19 bits per heavy atom. The van der Waals surface area contributed by atoms with Gasteiger partial charge in [-0.1, -0.05) is 6.07 Å². The SMILES string of the molecule is Cc1oc2ccc(OCc3ccccn3)cc2c1C(=O)NC1(CO)CCC1. The molecule has 4 rings (SSSR count). The second-order valence-electron chi connectivity index (χ2n) is 7.05. The zero-order chi connectivity index (χ0) is 18.9. The lowest BCUT2D eigenvalue weighted by atomic mass is 9.77. The normalized spacial score (nSPS) is 15.3. The molecule has 2 heterocycles. The Hall–Kier alpha value is -2.86. The quantitative estimate of drug-likeness (QED) is 0.699. The highest BCUT2D eigenvalue weighted by atomic mass is 16.5. The molecule has 1 fully saturated rings. The number of aryl methyl sites for hydroxylation is 1. The molecule has 2 N–H and O–H groups in total. The van der Waals surface area contributed by atoms with Crippen LogP contribution in [0.15, 0.2) is 47.0 Å². The predicted octanol–water partition coefficient (Wildman–Crippen LogP) is 3.36. The summed E-state index contributed by atoms with van der Waals surface area (Å²) in [5.41, 5.74) is 1.46. The second kappa shape index (κ2) is 7.04. The third-order valence-corrected chi connectivity index (χ3v) is 5.17. The standard InChI is InChI=1S/C21H22N2O4/c1-14-19(20(25)23-21(13-24)8-4-9-21)17-11-16(6-7-18(17)27-14)26-12-15-5-2-3-10-22-15/h2-3,5-7,10-11,24H,4,8-9,12-13H2,1H3,(H,23,25). The summed E-state index contributed by atoms with van der Waals surface area (Å²) in [5, 5.41) is 13.3. The number of amides is 1. The van der Waals surface area contributed by atoms with Crippen molar-refractivity contribution in [3.63, 3.8) is 0 Å². The average Bonchev–Trinajstić information content (AvgIpc) is 2.99. The largest absolute Gasteiger partial charge is 0.487 e. The van der Waals surface area contributed by atoms with Crippen LogP contribution in [0.5, 0.6) is 5.75 Å². The van der Waals surface area contributed by atoms with Crippen LogP contribution in [0.2, 0.25) is 0 Å². The average molecular weight is 366 g/mol. The fourth-order valence-electron chi connectivity index (χ4n) is 3.44. The Bertz CT molecular complexity index is 955. The van der Waals surface area contributed by atoms with Crippen molar-refractivity contribution < 1.29 is 19.1 Å². The molecule has 3 aromatic rings. The van der Waals surface area contributed by atoms with Crippen LogP contribution in [0.1, 0.15) is 41.1 Å². The van der Waals surface area contributed by atoms with Crippen LogP contribution in [-0.4, -0.2) is 28.1 Å². The number of aromatic nitrogens is 1. The number of aliphatic hydroxyl groups excluding tert-OH is 1. The highest BCUT2D eigenvalue weighted by Gasteiger charge is 2.38. The Morgan fingerprint density at radius 1 is 1.33 bits per heavy atom. The van der Waals surface area contributed by atoms with Gasteiger partial charge in [0.15, 0.2) is 0 Å². The van der Waals surface area contributed by atoms with Crippen molar-refractivity contribution in [1.29, 1.82) is 0 Å². The Balaban J connectivity index is 1.59. The van der Waals surface area contributed by atoms with Crippen molar-refractivity contribution in [3.8, 4) is 5.75 Å². The molecule has 2 aromatic heterocycles. The molecule has 0 bridgehead atoms. The highest BCUT2D eigenvalue weighted by Crippen LogP contribution is 2.34. The smallest absolute Gasteiger partial charge is 0.255 e. The third-order valence-electron chi connectivity index (χ3n) is 5.17. The van der Waals surface area contributed by atoms with E-state index in [1.807, 2.05) is 30.3 Å². The predicted molar refractivity (Wildman–Crippen MR) is 101 cm³/mol. The number of rotatable bonds is 6. The summed E-state index contributed by atoms with van der Waals surface area (Å²) in [4.78, 5) is 17.1. The molecule has 6 nitrogen and oxygen atoms in total. The van der Waals surface area contributed by atoms with Crippen LogP contribution in [0.3, 0.4) is 0 Å². The first-order chi connectivity index (χ1) is 13.1. The van der Waals surface area contributed by atoms with Gasteiger partial charge < -0.3 is 19.6 Å². The van der Waals surface area contributed by atoms with Gasteiger partial charge in [-0.15, -0.1) is 0 Å². The molecule has 0 saturated heterocycles. The highest BCUT2D eigenvalue weighted by molar-refractivity contribution is 6.07. The number of nitrogens with one attached hydrogen (secondary N) is 1. The summed E-state index contributed by atoms with van der Waals surface area (Å²) >= 11 is 0. The molecule has 1 aliphatic carbocycles. The van der Waals surface area contributed by atoms with Crippen molar-refractivity contribution >= 4 is 16.9 Å². The van der Waals surface area contributed by atoms with E-state index >= 15 is 0 Å². The number of carbonyl (C=O) groups is 1. The number of pyridine rings is 1. The molecule has 0 spiro atoms. The van der Waals surface area contributed by atoms with Crippen LogP contribution < -0.4 is 10.1 Å². The molecule has 1 aliphatic rings. The first-order valence-electron chi connectivity index (χ1n) is 9.09. The van der Waals surface area contributed by atoms with Gasteiger partial charge in [0.05, 0.1) is 23.4 Å². The molecule has 0 unspecified atom stereocenters. The van der Waals surface area contributed by atoms with Gasteiger partial charge >= 0.3 is 0 Å². The van der Waals surface area contributed by atoms with Crippen LogP contribution in [-0.2, 0) is 6.61 Å². The van der Waals surface area contributed by atoms with Gasteiger partial charge in [-0.2, -0.15) is 0 Å². The number of hydrogen-bond donors (Lipinski definition) is 2. The number of carbonyl (C=O) groups excluding carboxylic acids is 1. The van der Waals surface area contributed by atoms with Crippen molar-refractivity contribution in [2.75, 3.05) is 6.61 Å². The van der Waals surface area contributed by atoms with Gasteiger partial charge in [-0.3, -0.25) is 9.78 Å². The molecule has 1 saturated carbocycles. The van der Waals surface area contributed by atoms with Gasteiger partial charge in [0, 0.05) is 11.6 Å². The minimum atomic E-state index is -0.500. The second-order valence-corrected chi connectivity index (χ2v) is 7.05. The number of aliphatic hydroxyl groups is 1. The molecule has 6 heteroatoms. The minimum absolute atomic E-state index is 0.0496. The maximum atomic E-state index is 12.9. The van der Waals surface area contributed by atoms with Gasteiger partial charge in [0.1, 0.15) is 23.7 Å². The maximum absolute atomic E-state index is 12.9. The minimum Gasteiger partial charge on any atom is -0.487 e. The van der Waals surface area contributed by atoms with E-state index in [1.54, 1.807) is 19.2 Å². The first kappa shape index (κ1) is 17.5. The topological polar surface area (TPSA) is 84.6 Å². The lowest BCUT2D eigenvalue weighted by Gasteiger charge is -2.40. The Kier molecular flexibility index (Phi) is 4.58. The Morgan fingerprint density at radius 3 is 2.85 bits per heavy atom. The van der Waals surface area contributed by atoms with E-state index in [-0.39, 0.29) is 12.5 Å². The van der Waals surface area contributed by atoms with E-state index in [0.29, 0.717) is 34.6 Å². The van der Waals surface area contributed by atoms with Gasteiger partial charge in [-0.05, 0) is 56.5 Å². The lowest BCUT2D eigenvalue weighted by Crippen LogP contribution is -2.56. The third kappa shape index (κ3) is 3.40. The molecule has 27 heavy (non-hydrogen) atoms. The maximum Gasteiger partial charge on any atom is 0.255 e. The van der Waals surface area contributed by atoms with Crippen LogP contribution in [0, 0.1) is 6.92 Å². The van der Waals surface area contributed by atoms with Crippen LogP contribution >= 0.6 is 0 Å². The molecule has 0 atom stereocenters.